The van der Waals surface area contributed by atoms with Crippen LogP contribution in [0.25, 0.3) is 0 Å². The fourth-order valence-corrected chi connectivity index (χ4v) is 11.5. The predicted molar refractivity (Wildman–Crippen MR) is 167 cm³/mol. The topological polar surface area (TPSA) is 149 Å². The van der Waals surface area contributed by atoms with Crippen LogP contribution in [0.4, 0.5) is 0 Å². The summed E-state index contributed by atoms with van der Waals surface area (Å²) >= 11 is 0. The van der Waals surface area contributed by atoms with Gasteiger partial charge in [-0.2, -0.15) is 0 Å². The van der Waals surface area contributed by atoms with Gasteiger partial charge in [0.25, 0.3) is 0 Å². The van der Waals surface area contributed by atoms with Gasteiger partial charge in [0.1, 0.15) is 30.0 Å². The lowest BCUT2D eigenvalue weighted by Crippen LogP contribution is -2.66. The van der Waals surface area contributed by atoms with Crippen molar-refractivity contribution in [1.82, 2.24) is 0 Å². The van der Waals surface area contributed by atoms with Crippen molar-refractivity contribution >= 4 is 0 Å². The highest BCUT2D eigenvalue weighted by Crippen LogP contribution is 2.78. The van der Waals surface area contributed by atoms with Crippen LogP contribution in [0.3, 0.4) is 0 Å². The molecule has 256 valence electrons. The molecule has 2 aliphatic heterocycles. The van der Waals surface area contributed by atoms with E-state index in [4.69, 9.17) is 14.2 Å². The minimum atomic E-state index is -1.51. The second-order valence-corrected chi connectivity index (χ2v) is 17.1. The molecule has 9 heteroatoms. The van der Waals surface area contributed by atoms with Crippen LogP contribution < -0.4 is 0 Å². The molecule has 6 rings (SSSR count). The third-order valence-electron chi connectivity index (χ3n) is 14.3. The van der Waals surface area contributed by atoms with E-state index in [1.54, 1.807) is 0 Å². The van der Waals surface area contributed by atoms with Crippen LogP contribution in [0.15, 0.2) is 24.3 Å². The van der Waals surface area contributed by atoms with Crippen molar-refractivity contribution in [3.63, 3.8) is 0 Å². The van der Waals surface area contributed by atoms with Gasteiger partial charge in [-0.25, -0.2) is 0 Å². The number of fused-ring (bicyclic) bond motifs is 2. The Morgan fingerprint density at radius 1 is 0.956 bits per heavy atom. The van der Waals surface area contributed by atoms with E-state index in [1.807, 2.05) is 19.9 Å². The van der Waals surface area contributed by atoms with Gasteiger partial charge in [-0.05, 0) is 87.4 Å². The monoisotopic (exact) mass is 634 g/mol. The minimum absolute atomic E-state index is 0.00466. The van der Waals surface area contributed by atoms with E-state index >= 15 is 0 Å². The molecule has 15 unspecified atom stereocenters. The fraction of sp³-hybridized carbons (Fsp3) is 0.889. The number of hydrogen-bond acceptors (Lipinski definition) is 9. The molecule has 0 radical (unpaired) electrons. The molecular formula is C36H58O9. The molecule has 45 heavy (non-hydrogen) atoms. The molecule has 2 saturated heterocycles. The zero-order valence-corrected chi connectivity index (χ0v) is 28.2. The number of allylic oxidation sites excluding steroid dienone is 2. The Morgan fingerprint density at radius 3 is 2.33 bits per heavy atom. The number of aliphatic hydroxyl groups is 6. The molecule has 0 aromatic carbocycles. The van der Waals surface area contributed by atoms with Gasteiger partial charge in [-0.1, -0.05) is 58.9 Å². The Morgan fingerprint density at radius 2 is 1.67 bits per heavy atom. The number of aliphatic hydroxyl groups excluding tert-OH is 5. The molecule has 2 bridgehead atoms. The molecule has 0 aromatic heterocycles. The van der Waals surface area contributed by atoms with E-state index in [2.05, 4.69) is 52.8 Å². The fourth-order valence-electron chi connectivity index (χ4n) is 11.5. The summed E-state index contributed by atoms with van der Waals surface area (Å²) in [6.07, 6.45) is 7.14. The van der Waals surface area contributed by atoms with E-state index in [0.717, 1.165) is 38.5 Å². The molecule has 3 saturated carbocycles. The zero-order valence-electron chi connectivity index (χ0n) is 28.2. The number of hydrogen-bond donors (Lipinski definition) is 6. The average Bonchev–Trinajstić information content (AvgIpc) is 3.32. The number of rotatable bonds is 7. The maximum absolute atomic E-state index is 12.0. The summed E-state index contributed by atoms with van der Waals surface area (Å²) in [4.78, 5) is 0. The third-order valence-corrected chi connectivity index (χ3v) is 14.3. The molecular weight excluding hydrogens is 576 g/mol. The molecule has 0 amide bonds. The molecule has 4 aliphatic carbocycles. The highest BCUT2D eigenvalue weighted by molar-refractivity contribution is 5.34. The van der Waals surface area contributed by atoms with E-state index in [-0.39, 0.29) is 22.7 Å². The van der Waals surface area contributed by atoms with Crippen molar-refractivity contribution in [1.29, 1.82) is 0 Å². The summed E-state index contributed by atoms with van der Waals surface area (Å²) in [5, 5.41) is 63.2. The van der Waals surface area contributed by atoms with Gasteiger partial charge in [-0.3, -0.25) is 0 Å². The van der Waals surface area contributed by atoms with Crippen molar-refractivity contribution in [3.8, 4) is 0 Å². The van der Waals surface area contributed by atoms with Gasteiger partial charge in [0.2, 0.25) is 0 Å². The van der Waals surface area contributed by atoms with Crippen molar-refractivity contribution in [3.05, 3.63) is 24.3 Å². The SMILES string of the molecule is CC(C/C=C/C(C)(C)O)C1CCC2(C)C3C=CC45OC(O)C3(CCC12C)C4CCC(OC1OC(CO)C(O)C(O)C1O)C5(C)C. The normalized spacial score (nSPS) is 52.8. The van der Waals surface area contributed by atoms with E-state index < -0.39 is 71.7 Å². The minimum Gasteiger partial charge on any atom is -0.394 e. The Kier molecular flexibility index (Phi) is 8.37. The standard InChI is InChI=1S/C36H58O9/c1-20(9-8-14-31(2,3)42)21-12-15-34(7)23-13-16-36-24(35(23,30(41)45-36)18-17-33(21,34)6)10-11-25(32(36,4)5)44-29-28(40)27(39)26(38)22(19-37)43-29/h8,13-14,16,20-30,37-42H,9-12,15,17-19H2,1-7H3/b14-8+. The van der Waals surface area contributed by atoms with Crippen LogP contribution >= 0.6 is 0 Å². The summed E-state index contributed by atoms with van der Waals surface area (Å²) in [6, 6.07) is 0. The Bertz CT molecular complexity index is 1180. The molecule has 1 spiro atoms. The van der Waals surface area contributed by atoms with Crippen LogP contribution in [0.5, 0.6) is 0 Å². The van der Waals surface area contributed by atoms with Crippen molar-refractivity contribution in [2.24, 2.45) is 45.3 Å². The lowest BCUT2D eigenvalue weighted by molar-refractivity contribution is -0.330. The first-order valence-electron chi connectivity index (χ1n) is 17.3. The van der Waals surface area contributed by atoms with Gasteiger partial charge in [0, 0.05) is 16.7 Å². The van der Waals surface area contributed by atoms with Crippen molar-refractivity contribution in [2.75, 3.05) is 6.61 Å². The van der Waals surface area contributed by atoms with Gasteiger partial charge in [0.05, 0.1) is 18.3 Å². The zero-order chi connectivity index (χ0) is 33.0. The molecule has 15 atom stereocenters. The molecule has 0 aromatic rings. The maximum atomic E-state index is 12.0. The van der Waals surface area contributed by atoms with Crippen molar-refractivity contribution < 1.29 is 44.8 Å². The summed E-state index contributed by atoms with van der Waals surface area (Å²) < 4.78 is 18.9. The van der Waals surface area contributed by atoms with Gasteiger partial charge < -0.3 is 44.8 Å². The quantitative estimate of drug-likeness (QED) is 0.232. The first-order chi connectivity index (χ1) is 20.9. The first kappa shape index (κ1) is 34.0. The van der Waals surface area contributed by atoms with Crippen LogP contribution in [0.2, 0.25) is 0 Å². The van der Waals surface area contributed by atoms with E-state index in [9.17, 15) is 30.6 Å². The molecule has 5 fully saturated rings. The maximum Gasteiger partial charge on any atom is 0.186 e. The summed E-state index contributed by atoms with van der Waals surface area (Å²) in [6.45, 7) is 14.6. The smallest absolute Gasteiger partial charge is 0.186 e. The van der Waals surface area contributed by atoms with Crippen LogP contribution in [-0.4, -0.2) is 91.5 Å². The van der Waals surface area contributed by atoms with E-state index in [0.29, 0.717) is 18.3 Å². The second-order valence-electron chi connectivity index (χ2n) is 17.1. The van der Waals surface area contributed by atoms with Gasteiger partial charge in [0.15, 0.2) is 12.6 Å². The molecule has 6 aliphatic rings. The Hall–Kier alpha value is -0.880. The largest absolute Gasteiger partial charge is 0.394 e. The van der Waals surface area contributed by atoms with Crippen LogP contribution in [0, 0.1) is 45.3 Å². The average molecular weight is 635 g/mol. The molecule has 9 nitrogen and oxygen atoms in total. The molecule has 6 N–H and O–H groups in total. The molecule has 2 heterocycles. The van der Waals surface area contributed by atoms with Gasteiger partial charge in [-0.15, -0.1) is 0 Å². The van der Waals surface area contributed by atoms with Crippen LogP contribution in [-0.2, 0) is 14.2 Å². The lowest BCUT2D eigenvalue weighted by Gasteiger charge is -2.65. The van der Waals surface area contributed by atoms with Crippen molar-refractivity contribution in [2.45, 2.75) is 148 Å². The summed E-state index contributed by atoms with van der Waals surface area (Å²) in [5.41, 5.74) is -2.52. The van der Waals surface area contributed by atoms with Gasteiger partial charge >= 0.3 is 0 Å². The Balaban J connectivity index is 1.28. The number of ether oxygens (including phenoxy) is 3. The Labute approximate surface area is 268 Å². The van der Waals surface area contributed by atoms with Crippen LogP contribution in [0.1, 0.15) is 93.4 Å². The summed E-state index contributed by atoms with van der Waals surface area (Å²) in [5.74, 6) is 1.29. The highest BCUT2D eigenvalue weighted by Gasteiger charge is 2.78. The highest BCUT2D eigenvalue weighted by atomic mass is 16.7. The summed E-state index contributed by atoms with van der Waals surface area (Å²) in [7, 11) is 0. The predicted octanol–water partition coefficient (Wildman–Crippen LogP) is 3.44. The second kappa shape index (κ2) is 11.1. The third kappa shape index (κ3) is 4.66. The van der Waals surface area contributed by atoms with E-state index in [1.165, 1.54) is 0 Å². The first-order valence-corrected chi connectivity index (χ1v) is 17.3. The lowest BCUT2D eigenvalue weighted by atomic mass is 9.38.